The number of benzene rings is 3. The number of carbonyl (C=O) groups is 1. The highest BCUT2D eigenvalue weighted by Gasteiger charge is 2.49. The van der Waals surface area contributed by atoms with E-state index in [0.29, 0.717) is 6.54 Å². The SMILES string of the molecule is O=C1C(c2ccccc2)C2=CCC(c3ccccc3)N2C1NCc1ccccc1. The van der Waals surface area contributed by atoms with Crippen LogP contribution in [0.25, 0.3) is 0 Å². The maximum atomic E-state index is 13.6. The van der Waals surface area contributed by atoms with Crippen molar-refractivity contribution >= 4 is 5.78 Å². The van der Waals surface area contributed by atoms with Crippen molar-refractivity contribution in [3.8, 4) is 0 Å². The zero-order valence-corrected chi connectivity index (χ0v) is 16.2. The minimum Gasteiger partial charge on any atom is -0.345 e. The molecule has 1 N–H and O–H groups in total. The van der Waals surface area contributed by atoms with Crippen LogP contribution in [0.5, 0.6) is 0 Å². The summed E-state index contributed by atoms with van der Waals surface area (Å²) >= 11 is 0. The van der Waals surface area contributed by atoms with Gasteiger partial charge in [0.15, 0.2) is 5.78 Å². The van der Waals surface area contributed by atoms with Crippen molar-refractivity contribution in [3.63, 3.8) is 0 Å². The van der Waals surface area contributed by atoms with E-state index in [-0.39, 0.29) is 23.9 Å². The van der Waals surface area contributed by atoms with Crippen LogP contribution in [0.3, 0.4) is 0 Å². The molecule has 3 heteroatoms. The molecule has 2 heterocycles. The van der Waals surface area contributed by atoms with Crippen LogP contribution in [0.4, 0.5) is 0 Å². The third kappa shape index (κ3) is 3.28. The Morgan fingerprint density at radius 3 is 2.03 bits per heavy atom. The molecule has 0 bridgehead atoms. The van der Waals surface area contributed by atoms with Crippen LogP contribution in [-0.2, 0) is 11.3 Å². The van der Waals surface area contributed by atoms with E-state index in [1.54, 1.807) is 0 Å². The van der Waals surface area contributed by atoms with Gasteiger partial charge in [-0.25, -0.2) is 0 Å². The summed E-state index contributed by atoms with van der Waals surface area (Å²) < 4.78 is 0. The molecule has 0 saturated carbocycles. The minimum atomic E-state index is -0.320. The summed E-state index contributed by atoms with van der Waals surface area (Å²) in [6.07, 6.45) is 2.87. The molecule has 0 aliphatic carbocycles. The molecule has 2 aliphatic rings. The fourth-order valence-corrected chi connectivity index (χ4v) is 4.63. The summed E-state index contributed by atoms with van der Waals surface area (Å²) in [6, 6.07) is 31.2. The van der Waals surface area contributed by atoms with Crippen LogP contribution in [0.2, 0.25) is 0 Å². The van der Waals surface area contributed by atoms with E-state index < -0.39 is 0 Å². The summed E-state index contributed by atoms with van der Waals surface area (Å²) in [5.74, 6) is 0.0391. The summed E-state index contributed by atoms with van der Waals surface area (Å²) in [5, 5.41) is 3.55. The van der Waals surface area contributed by atoms with Gasteiger partial charge in [-0.15, -0.1) is 0 Å². The lowest BCUT2D eigenvalue weighted by atomic mass is 9.93. The molecule has 29 heavy (non-hydrogen) atoms. The summed E-state index contributed by atoms with van der Waals surface area (Å²) in [4.78, 5) is 15.9. The number of nitrogens with zero attached hydrogens (tertiary/aromatic N) is 1. The first-order valence-electron chi connectivity index (χ1n) is 10.2. The molecule has 0 radical (unpaired) electrons. The van der Waals surface area contributed by atoms with Gasteiger partial charge in [0.05, 0.1) is 12.0 Å². The molecule has 3 unspecified atom stereocenters. The van der Waals surface area contributed by atoms with Crippen molar-refractivity contribution in [1.82, 2.24) is 10.2 Å². The molecule has 3 aromatic carbocycles. The Labute approximate surface area is 171 Å². The fourth-order valence-electron chi connectivity index (χ4n) is 4.63. The van der Waals surface area contributed by atoms with E-state index >= 15 is 0 Å². The molecular formula is C26H24N2O. The number of hydrogen-bond acceptors (Lipinski definition) is 3. The van der Waals surface area contributed by atoms with Gasteiger partial charge in [0.2, 0.25) is 0 Å². The van der Waals surface area contributed by atoms with E-state index in [4.69, 9.17) is 0 Å². The number of rotatable bonds is 5. The second kappa shape index (κ2) is 7.69. The van der Waals surface area contributed by atoms with Crippen molar-refractivity contribution < 1.29 is 4.79 Å². The lowest BCUT2D eigenvalue weighted by molar-refractivity contribution is -0.122. The van der Waals surface area contributed by atoms with Gasteiger partial charge < -0.3 is 4.90 Å². The normalized spacial score (nSPS) is 23.2. The number of fused-ring (bicyclic) bond motifs is 1. The van der Waals surface area contributed by atoms with Gasteiger partial charge in [-0.3, -0.25) is 10.1 Å². The topological polar surface area (TPSA) is 32.3 Å². The van der Waals surface area contributed by atoms with Gasteiger partial charge in [0, 0.05) is 12.2 Å². The van der Waals surface area contributed by atoms with Crippen LogP contribution in [-0.4, -0.2) is 16.8 Å². The second-order valence-electron chi connectivity index (χ2n) is 7.71. The largest absolute Gasteiger partial charge is 0.345 e. The Bertz CT molecular complexity index is 1010. The van der Waals surface area contributed by atoms with Gasteiger partial charge in [0.25, 0.3) is 0 Å². The molecule has 0 aromatic heterocycles. The Hall–Kier alpha value is -3.17. The third-order valence-electron chi connectivity index (χ3n) is 5.97. The molecule has 1 fully saturated rings. The van der Waals surface area contributed by atoms with Crippen LogP contribution in [0.15, 0.2) is 103 Å². The van der Waals surface area contributed by atoms with Gasteiger partial charge in [-0.2, -0.15) is 0 Å². The van der Waals surface area contributed by atoms with Crippen LogP contribution in [0.1, 0.15) is 35.1 Å². The molecule has 0 amide bonds. The number of Topliss-reactive ketones (excluding diaryl/α,β-unsaturated/α-hetero) is 1. The molecule has 2 aliphatic heterocycles. The Balaban J connectivity index is 1.49. The quantitative estimate of drug-likeness (QED) is 0.690. The molecule has 3 nitrogen and oxygen atoms in total. The van der Waals surface area contributed by atoms with Crippen molar-refractivity contribution in [1.29, 1.82) is 0 Å². The van der Waals surface area contributed by atoms with Crippen LogP contribution >= 0.6 is 0 Å². The van der Waals surface area contributed by atoms with E-state index in [0.717, 1.165) is 17.7 Å². The average Bonchev–Trinajstić information content (AvgIpc) is 3.31. The highest BCUT2D eigenvalue weighted by atomic mass is 16.1. The van der Waals surface area contributed by atoms with E-state index in [1.807, 2.05) is 42.5 Å². The van der Waals surface area contributed by atoms with Crippen molar-refractivity contribution in [3.05, 3.63) is 119 Å². The van der Waals surface area contributed by atoms with Gasteiger partial charge in [-0.1, -0.05) is 97.1 Å². The predicted octanol–water partition coefficient (Wildman–Crippen LogP) is 4.80. The lowest BCUT2D eigenvalue weighted by Crippen LogP contribution is -2.45. The van der Waals surface area contributed by atoms with E-state index in [1.165, 1.54) is 11.1 Å². The maximum absolute atomic E-state index is 13.6. The maximum Gasteiger partial charge on any atom is 0.183 e. The molecule has 3 aromatic rings. The Morgan fingerprint density at radius 1 is 0.793 bits per heavy atom. The first-order chi connectivity index (χ1) is 14.3. The second-order valence-corrected chi connectivity index (χ2v) is 7.71. The average molecular weight is 380 g/mol. The molecular weight excluding hydrogens is 356 g/mol. The third-order valence-corrected chi connectivity index (χ3v) is 5.97. The number of nitrogens with one attached hydrogen (secondary N) is 1. The molecule has 0 spiro atoms. The summed E-state index contributed by atoms with van der Waals surface area (Å²) in [6.45, 7) is 0.671. The van der Waals surface area contributed by atoms with Crippen molar-refractivity contribution in [2.24, 2.45) is 0 Å². The predicted molar refractivity (Wildman–Crippen MR) is 115 cm³/mol. The number of hydrogen-bond donors (Lipinski definition) is 1. The Morgan fingerprint density at radius 2 is 1.38 bits per heavy atom. The standard InChI is InChI=1S/C26H24N2O/c29-25-24(21-14-8-3-9-15-21)23-17-16-22(20-12-6-2-7-13-20)28(23)26(25)27-18-19-10-4-1-5-11-19/h1-15,17,22,24,26-27H,16,18H2. The summed E-state index contributed by atoms with van der Waals surface area (Å²) in [5.41, 5.74) is 4.66. The number of allylic oxidation sites excluding steroid dienone is 1. The lowest BCUT2D eigenvalue weighted by Gasteiger charge is -2.31. The van der Waals surface area contributed by atoms with Crippen molar-refractivity contribution in [2.75, 3.05) is 0 Å². The summed E-state index contributed by atoms with van der Waals surface area (Å²) in [7, 11) is 0. The zero-order valence-electron chi connectivity index (χ0n) is 16.2. The highest BCUT2D eigenvalue weighted by molar-refractivity contribution is 5.96. The molecule has 144 valence electrons. The fraction of sp³-hybridized carbons (Fsp3) is 0.192. The van der Waals surface area contributed by atoms with Gasteiger partial charge >= 0.3 is 0 Å². The van der Waals surface area contributed by atoms with Crippen LogP contribution < -0.4 is 5.32 Å². The van der Waals surface area contributed by atoms with Crippen LogP contribution in [0, 0.1) is 0 Å². The minimum absolute atomic E-state index is 0.192. The first kappa shape index (κ1) is 17.9. The number of ketones is 1. The van der Waals surface area contributed by atoms with E-state index in [2.05, 4.69) is 64.8 Å². The smallest absolute Gasteiger partial charge is 0.183 e. The van der Waals surface area contributed by atoms with Gasteiger partial charge in [0.1, 0.15) is 6.17 Å². The number of carbonyl (C=O) groups excluding carboxylic acids is 1. The zero-order chi connectivity index (χ0) is 19.6. The van der Waals surface area contributed by atoms with Crippen molar-refractivity contribution in [2.45, 2.75) is 31.1 Å². The molecule has 3 atom stereocenters. The molecule has 1 saturated heterocycles. The monoisotopic (exact) mass is 380 g/mol. The first-order valence-corrected chi connectivity index (χ1v) is 10.2. The molecule has 5 rings (SSSR count). The van der Waals surface area contributed by atoms with Gasteiger partial charge in [-0.05, 0) is 23.1 Å². The Kier molecular flexibility index (Phi) is 4.74. The van der Waals surface area contributed by atoms with E-state index in [9.17, 15) is 4.79 Å². The highest BCUT2D eigenvalue weighted by Crippen LogP contribution is 2.47.